The summed E-state index contributed by atoms with van der Waals surface area (Å²) in [5, 5.41) is 9.74. The summed E-state index contributed by atoms with van der Waals surface area (Å²) in [5.74, 6) is 0.551. The number of pyridine rings is 1. The number of aromatic nitrogens is 5. The van der Waals surface area contributed by atoms with Gasteiger partial charge in [0.2, 0.25) is 5.95 Å². The molecule has 4 N–H and O–H groups in total. The topological polar surface area (TPSA) is 163 Å². The third-order valence-corrected chi connectivity index (χ3v) is 7.05. The highest BCUT2D eigenvalue weighted by molar-refractivity contribution is 6.41. The average Bonchev–Trinajstić information content (AvgIpc) is 3.45. The van der Waals surface area contributed by atoms with E-state index < -0.39 is 12.0 Å². The Morgan fingerprint density at radius 2 is 2.00 bits per heavy atom. The van der Waals surface area contributed by atoms with E-state index in [0.29, 0.717) is 48.8 Å². The number of carbonyl (C=O) groups excluding carboxylic acids is 2. The van der Waals surface area contributed by atoms with Gasteiger partial charge < -0.3 is 25.5 Å². The Bertz CT molecular complexity index is 1460. The number of halogens is 1. The maximum atomic E-state index is 13.7. The number of aliphatic hydroxyl groups is 1. The standard InChI is InChI=1S/C25H27ClN8O4/c1-12-9-28-17(13(2)20(12)38-3)11-34-22-19(21(26)31-25(27)32-22)15(23(34)36)8-18-29-10-16(30-18)24(37)33-6-4-14(35)5-7-33/h8-10,14,35H,4-7,11H2,1-3H3,(H,29,30)(H2,27,31,32). The molecule has 0 spiro atoms. The SMILES string of the molecule is COc1c(C)cnc(CN2C(=O)C(=Cc3ncc(C(=O)N4CCC(O)CC4)[nH]3)c3c(Cl)nc(N)nc32)c1C. The van der Waals surface area contributed by atoms with E-state index in [0.717, 1.165) is 11.1 Å². The summed E-state index contributed by atoms with van der Waals surface area (Å²) in [6, 6.07) is 0. The van der Waals surface area contributed by atoms with E-state index in [4.69, 9.17) is 22.1 Å². The van der Waals surface area contributed by atoms with Crippen molar-refractivity contribution < 1.29 is 19.4 Å². The molecule has 1 saturated heterocycles. The Hall–Kier alpha value is -4.03. The fraction of sp³-hybridized carbons (Fsp3) is 0.360. The van der Waals surface area contributed by atoms with Gasteiger partial charge in [0.25, 0.3) is 11.8 Å². The van der Waals surface area contributed by atoms with Crippen LogP contribution in [0.5, 0.6) is 5.75 Å². The van der Waals surface area contributed by atoms with Crippen molar-refractivity contribution in [1.82, 2.24) is 29.8 Å². The number of methoxy groups -OCH3 is 1. The van der Waals surface area contributed by atoms with E-state index in [1.807, 2.05) is 13.8 Å². The van der Waals surface area contributed by atoms with E-state index in [1.165, 1.54) is 17.2 Å². The Kier molecular flexibility index (Phi) is 6.76. The van der Waals surface area contributed by atoms with Gasteiger partial charge in [-0.05, 0) is 32.8 Å². The lowest BCUT2D eigenvalue weighted by atomic mass is 10.1. The second kappa shape index (κ2) is 10.0. The Morgan fingerprint density at radius 3 is 2.71 bits per heavy atom. The number of imidazole rings is 1. The van der Waals surface area contributed by atoms with Gasteiger partial charge in [-0.25, -0.2) is 9.97 Å². The minimum atomic E-state index is -0.392. The van der Waals surface area contributed by atoms with Crippen LogP contribution in [0.25, 0.3) is 11.6 Å². The van der Waals surface area contributed by atoms with Gasteiger partial charge in [-0.1, -0.05) is 11.6 Å². The molecule has 2 aliphatic heterocycles. The van der Waals surface area contributed by atoms with Crippen LogP contribution in [0.4, 0.5) is 11.8 Å². The number of nitrogens with one attached hydrogen (secondary N) is 1. The summed E-state index contributed by atoms with van der Waals surface area (Å²) in [5.41, 5.74) is 8.97. The molecule has 0 aliphatic carbocycles. The van der Waals surface area contributed by atoms with E-state index in [9.17, 15) is 14.7 Å². The highest BCUT2D eigenvalue weighted by Gasteiger charge is 2.38. The fourth-order valence-corrected chi connectivity index (χ4v) is 5.04. The molecule has 1 fully saturated rings. The van der Waals surface area contributed by atoms with Gasteiger partial charge in [0, 0.05) is 30.4 Å². The number of hydrogen-bond acceptors (Lipinski definition) is 9. The van der Waals surface area contributed by atoms with Crippen LogP contribution in [-0.4, -0.2) is 73.0 Å². The van der Waals surface area contributed by atoms with Crippen molar-refractivity contribution in [2.75, 3.05) is 30.8 Å². The number of H-pyrrole nitrogens is 1. The zero-order valence-electron chi connectivity index (χ0n) is 21.2. The number of aromatic amines is 1. The normalized spacial score (nSPS) is 16.9. The zero-order valence-corrected chi connectivity index (χ0v) is 21.9. The van der Waals surface area contributed by atoms with Gasteiger partial charge in [0.15, 0.2) is 5.82 Å². The van der Waals surface area contributed by atoms with Gasteiger partial charge >= 0.3 is 0 Å². The quantitative estimate of drug-likeness (QED) is 0.326. The van der Waals surface area contributed by atoms with Gasteiger partial charge in [0.05, 0.1) is 42.8 Å². The number of amides is 2. The highest BCUT2D eigenvalue weighted by Crippen LogP contribution is 2.41. The molecule has 3 aromatic heterocycles. The molecular formula is C25H27ClN8O4. The maximum Gasteiger partial charge on any atom is 0.271 e. The number of fused-ring (bicyclic) bond motifs is 1. The molecule has 0 unspecified atom stereocenters. The number of hydrogen-bond donors (Lipinski definition) is 3. The minimum absolute atomic E-state index is 0.0236. The molecular weight excluding hydrogens is 512 g/mol. The average molecular weight is 539 g/mol. The van der Waals surface area contributed by atoms with Gasteiger partial charge in [-0.15, -0.1) is 0 Å². The van der Waals surface area contributed by atoms with Crippen molar-refractivity contribution in [1.29, 1.82) is 0 Å². The fourth-order valence-electron chi connectivity index (χ4n) is 4.77. The summed E-state index contributed by atoms with van der Waals surface area (Å²) in [4.78, 5) is 49.8. The van der Waals surface area contributed by atoms with Crippen molar-refractivity contribution in [3.63, 3.8) is 0 Å². The van der Waals surface area contributed by atoms with Crippen molar-refractivity contribution in [2.24, 2.45) is 0 Å². The number of likely N-dealkylation sites (tertiary alicyclic amines) is 1. The van der Waals surface area contributed by atoms with Crippen LogP contribution in [0.2, 0.25) is 5.15 Å². The number of rotatable bonds is 5. The lowest BCUT2D eigenvalue weighted by Crippen LogP contribution is -2.40. The first-order valence-electron chi connectivity index (χ1n) is 12.1. The lowest BCUT2D eigenvalue weighted by Gasteiger charge is -2.29. The number of nitrogens with two attached hydrogens (primary N) is 1. The largest absolute Gasteiger partial charge is 0.496 e. The van der Waals surface area contributed by atoms with Gasteiger partial charge in [-0.2, -0.15) is 4.98 Å². The molecule has 0 atom stereocenters. The molecule has 13 heteroatoms. The number of anilines is 2. The number of nitrogen functional groups attached to an aromatic ring is 1. The molecule has 2 amide bonds. The van der Waals surface area contributed by atoms with E-state index >= 15 is 0 Å². The number of piperidine rings is 1. The smallest absolute Gasteiger partial charge is 0.271 e. The monoisotopic (exact) mass is 538 g/mol. The lowest BCUT2D eigenvalue weighted by molar-refractivity contribution is -0.113. The minimum Gasteiger partial charge on any atom is -0.496 e. The van der Waals surface area contributed by atoms with E-state index in [2.05, 4.69) is 24.9 Å². The molecule has 0 bridgehead atoms. The molecule has 3 aromatic rings. The Balaban J connectivity index is 1.48. The van der Waals surface area contributed by atoms with E-state index in [-0.39, 0.29) is 40.6 Å². The van der Waals surface area contributed by atoms with Gasteiger partial charge in [-0.3, -0.25) is 19.5 Å². The summed E-state index contributed by atoms with van der Waals surface area (Å²) in [6.45, 7) is 4.79. The maximum absolute atomic E-state index is 13.7. The number of carbonyl (C=O) groups is 2. The molecule has 0 saturated carbocycles. The van der Waals surface area contributed by atoms with Crippen LogP contribution in [0.1, 0.15) is 51.5 Å². The third kappa shape index (κ3) is 4.56. The molecule has 198 valence electrons. The van der Waals surface area contributed by atoms with Crippen molar-refractivity contribution >= 4 is 46.8 Å². The zero-order chi connectivity index (χ0) is 27.1. The summed E-state index contributed by atoms with van der Waals surface area (Å²) in [7, 11) is 1.58. The predicted molar refractivity (Wildman–Crippen MR) is 141 cm³/mol. The van der Waals surface area contributed by atoms with Crippen molar-refractivity contribution in [3.8, 4) is 5.75 Å². The molecule has 2 aliphatic rings. The molecule has 5 heterocycles. The first-order chi connectivity index (χ1) is 18.2. The van der Waals surface area contributed by atoms with Crippen LogP contribution in [0.15, 0.2) is 12.4 Å². The predicted octanol–water partition coefficient (Wildman–Crippen LogP) is 2.14. The third-order valence-electron chi connectivity index (χ3n) is 6.78. The van der Waals surface area contributed by atoms with Crippen molar-refractivity contribution in [2.45, 2.75) is 39.3 Å². The molecule has 0 radical (unpaired) electrons. The Morgan fingerprint density at radius 1 is 1.26 bits per heavy atom. The second-order valence-corrected chi connectivity index (χ2v) is 9.63. The Labute approximate surface area is 223 Å². The second-order valence-electron chi connectivity index (χ2n) is 9.27. The van der Waals surface area contributed by atoms with Crippen LogP contribution >= 0.6 is 11.6 Å². The van der Waals surface area contributed by atoms with Crippen LogP contribution in [0.3, 0.4) is 0 Å². The van der Waals surface area contributed by atoms with Crippen LogP contribution < -0.4 is 15.4 Å². The van der Waals surface area contributed by atoms with Crippen LogP contribution in [0, 0.1) is 13.8 Å². The molecule has 5 rings (SSSR count). The van der Waals surface area contributed by atoms with Crippen molar-refractivity contribution in [3.05, 3.63) is 51.4 Å². The summed E-state index contributed by atoms with van der Waals surface area (Å²) >= 11 is 6.44. The summed E-state index contributed by atoms with van der Waals surface area (Å²) < 4.78 is 5.51. The van der Waals surface area contributed by atoms with Crippen LogP contribution in [-0.2, 0) is 11.3 Å². The van der Waals surface area contributed by atoms with Gasteiger partial charge in [0.1, 0.15) is 22.4 Å². The summed E-state index contributed by atoms with van der Waals surface area (Å²) in [6.07, 6.45) is 5.29. The first kappa shape index (κ1) is 25.6. The number of nitrogens with zero attached hydrogens (tertiary/aromatic N) is 6. The molecule has 38 heavy (non-hydrogen) atoms. The number of aliphatic hydroxyl groups excluding tert-OH is 1. The van der Waals surface area contributed by atoms with E-state index in [1.54, 1.807) is 18.2 Å². The number of aryl methyl sites for hydroxylation is 1. The number of ether oxygens (including phenoxy) is 1. The first-order valence-corrected chi connectivity index (χ1v) is 12.4. The molecule has 12 nitrogen and oxygen atoms in total. The molecule has 0 aromatic carbocycles. The highest BCUT2D eigenvalue weighted by atomic mass is 35.5.